The predicted molar refractivity (Wildman–Crippen MR) is 204 cm³/mol. The van der Waals surface area contributed by atoms with Gasteiger partial charge in [-0.2, -0.15) is 0 Å². The Bertz CT molecular complexity index is 1650. The fraction of sp³-hybridized carbons (Fsp3) is 0.512. The molecule has 0 aliphatic heterocycles. The number of alkyl carbamates (subject to hydrolysis) is 1. The van der Waals surface area contributed by atoms with Gasteiger partial charge in [0.25, 0.3) is 0 Å². The van der Waals surface area contributed by atoms with Gasteiger partial charge in [0.2, 0.25) is 11.8 Å². The summed E-state index contributed by atoms with van der Waals surface area (Å²) in [6, 6.07) is 15.4. The third-order valence-electron chi connectivity index (χ3n) is 10.1. The molecule has 1 saturated carbocycles. The highest BCUT2D eigenvalue weighted by molar-refractivity contribution is 5.86. The molecular weight excluding hydrogens is 677 g/mol. The minimum absolute atomic E-state index is 0.00269. The molecule has 3 aromatic rings. The van der Waals surface area contributed by atoms with Crippen LogP contribution >= 0.6 is 0 Å². The number of nitrogens with zero attached hydrogens (tertiary/aromatic N) is 2. The molecule has 0 spiro atoms. The maximum absolute atomic E-state index is 15.0. The van der Waals surface area contributed by atoms with Crippen LogP contribution in [0.1, 0.15) is 64.5 Å². The van der Waals surface area contributed by atoms with Crippen molar-refractivity contribution < 1.29 is 33.7 Å². The van der Waals surface area contributed by atoms with Crippen LogP contribution in [0.25, 0.3) is 11.1 Å². The zero-order valence-electron chi connectivity index (χ0n) is 31.9. The third-order valence-corrected chi connectivity index (χ3v) is 10.1. The average Bonchev–Trinajstić information content (AvgIpc) is 3.12. The van der Waals surface area contributed by atoms with E-state index < -0.39 is 65.4 Å². The van der Waals surface area contributed by atoms with E-state index in [1.54, 1.807) is 45.2 Å². The molecule has 1 aliphatic rings. The lowest BCUT2D eigenvalue weighted by Crippen LogP contribution is -2.58. The summed E-state index contributed by atoms with van der Waals surface area (Å²) in [6.07, 6.45) is 1.38. The van der Waals surface area contributed by atoms with Crippen molar-refractivity contribution in [3.8, 4) is 11.1 Å². The minimum atomic E-state index is -1.27. The highest BCUT2D eigenvalue weighted by atomic mass is 19.1. The molecule has 53 heavy (non-hydrogen) atoms. The van der Waals surface area contributed by atoms with E-state index in [0.717, 1.165) is 35.3 Å². The van der Waals surface area contributed by atoms with Gasteiger partial charge in [-0.1, -0.05) is 76.6 Å². The van der Waals surface area contributed by atoms with Crippen LogP contribution in [0.4, 0.5) is 15.0 Å². The second-order valence-electron chi connectivity index (χ2n) is 15.6. The lowest BCUT2D eigenvalue weighted by molar-refractivity contribution is -0.129. The van der Waals surface area contributed by atoms with Gasteiger partial charge in [-0.25, -0.2) is 14.2 Å². The molecule has 11 nitrogen and oxygen atoms in total. The number of aliphatic hydroxyl groups is 2. The summed E-state index contributed by atoms with van der Waals surface area (Å²) in [7, 11) is 5.06. The summed E-state index contributed by atoms with van der Waals surface area (Å²) in [5.74, 6) is -1.44. The fourth-order valence-electron chi connectivity index (χ4n) is 6.89. The van der Waals surface area contributed by atoms with E-state index in [0.29, 0.717) is 12.0 Å². The minimum Gasteiger partial charge on any atom is -0.453 e. The van der Waals surface area contributed by atoms with Crippen molar-refractivity contribution in [1.29, 1.82) is 0 Å². The SMILES string of the molecule is COC(=O)N[C@H](C(=O)N[C@@H](Cc1ccc(-c2ccc(N(C)C)nc2)cc1)[C@@H](O)C[C@@H](Cc1ccccc1F)C(=O)N[C@H]1[C@H](C)CCC[C@H]1O)C(C)(C)C. The van der Waals surface area contributed by atoms with Crippen LogP contribution in [-0.2, 0) is 27.2 Å². The van der Waals surface area contributed by atoms with Crippen molar-refractivity contribution >= 4 is 23.7 Å². The number of ether oxygens (including phenoxy) is 1. The molecule has 0 saturated heterocycles. The Morgan fingerprint density at radius 3 is 2.23 bits per heavy atom. The number of pyridine rings is 1. The molecule has 1 aliphatic carbocycles. The number of aromatic nitrogens is 1. The smallest absolute Gasteiger partial charge is 0.407 e. The van der Waals surface area contributed by atoms with Crippen molar-refractivity contribution in [2.45, 2.75) is 96.6 Å². The zero-order chi connectivity index (χ0) is 38.9. The monoisotopic (exact) mass is 733 g/mol. The molecule has 288 valence electrons. The lowest BCUT2D eigenvalue weighted by Gasteiger charge is -2.36. The van der Waals surface area contributed by atoms with E-state index >= 15 is 0 Å². The molecule has 0 radical (unpaired) electrons. The number of aliphatic hydroxyl groups excluding tert-OH is 2. The summed E-state index contributed by atoms with van der Waals surface area (Å²) < 4.78 is 19.7. The van der Waals surface area contributed by atoms with Crippen LogP contribution in [0.3, 0.4) is 0 Å². The molecule has 4 rings (SSSR count). The van der Waals surface area contributed by atoms with E-state index in [1.165, 1.54) is 13.2 Å². The van der Waals surface area contributed by atoms with Gasteiger partial charge in [-0.15, -0.1) is 0 Å². The summed E-state index contributed by atoms with van der Waals surface area (Å²) >= 11 is 0. The molecule has 12 heteroatoms. The number of halogens is 1. The van der Waals surface area contributed by atoms with E-state index in [2.05, 4.69) is 20.9 Å². The highest BCUT2D eigenvalue weighted by Gasteiger charge is 2.38. The largest absolute Gasteiger partial charge is 0.453 e. The van der Waals surface area contributed by atoms with Crippen LogP contribution in [-0.4, -0.2) is 84.6 Å². The van der Waals surface area contributed by atoms with E-state index in [1.807, 2.05) is 62.3 Å². The van der Waals surface area contributed by atoms with E-state index in [4.69, 9.17) is 4.74 Å². The molecule has 2 aromatic carbocycles. The second-order valence-corrected chi connectivity index (χ2v) is 15.6. The van der Waals surface area contributed by atoms with Gasteiger partial charge in [0.1, 0.15) is 17.7 Å². The molecule has 1 aromatic heterocycles. The number of carbonyl (C=O) groups excluding carboxylic acids is 3. The molecule has 0 bridgehead atoms. The number of rotatable bonds is 14. The van der Waals surface area contributed by atoms with Gasteiger partial charge in [-0.3, -0.25) is 9.59 Å². The summed E-state index contributed by atoms with van der Waals surface area (Å²) in [4.78, 5) is 46.5. The Morgan fingerprint density at radius 1 is 0.962 bits per heavy atom. The summed E-state index contributed by atoms with van der Waals surface area (Å²) in [5, 5.41) is 31.3. The number of benzene rings is 2. The number of hydrogen-bond acceptors (Lipinski definition) is 8. The first-order valence-electron chi connectivity index (χ1n) is 18.3. The highest BCUT2D eigenvalue weighted by Crippen LogP contribution is 2.28. The van der Waals surface area contributed by atoms with Crippen LogP contribution in [0.5, 0.6) is 0 Å². The second kappa shape index (κ2) is 18.5. The van der Waals surface area contributed by atoms with Crippen LogP contribution in [0.15, 0.2) is 66.9 Å². The first-order valence-corrected chi connectivity index (χ1v) is 18.3. The van der Waals surface area contributed by atoms with Crippen molar-refractivity contribution in [2.75, 3.05) is 26.1 Å². The number of anilines is 1. The number of nitrogens with one attached hydrogen (secondary N) is 3. The van der Waals surface area contributed by atoms with Gasteiger partial charge in [-0.05, 0) is 78.3 Å². The van der Waals surface area contributed by atoms with E-state index in [-0.39, 0.29) is 25.2 Å². The van der Waals surface area contributed by atoms with E-state index in [9.17, 15) is 29.0 Å². The number of amides is 3. The van der Waals surface area contributed by atoms with Gasteiger partial charge in [0.05, 0.1) is 31.4 Å². The molecule has 1 fully saturated rings. The first-order chi connectivity index (χ1) is 25.1. The zero-order valence-corrected chi connectivity index (χ0v) is 31.9. The predicted octanol–water partition coefficient (Wildman–Crippen LogP) is 5.03. The standard InChI is InChI=1S/C41H56FN5O6/c1-25-11-10-14-33(48)36(25)45-38(50)30(22-28-12-8-9-13-31(28)42)23-34(49)32(44-39(51)37(41(2,3)4)46-40(52)53-7)21-26-15-17-27(18-16-26)29-19-20-35(43-24-29)47(5)6/h8-9,12-13,15-20,24-25,30,32-34,36-37,48-49H,10-11,14,21-23H2,1-7H3,(H,44,51)(H,45,50)(H,46,52)/t25-,30-,32+,33-,34+,36+,37-/m1/s1. The fourth-order valence-corrected chi connectivity index (χ4v) is 6.89. The van der Waals surface area contributed by atoms with Crippen molar-refractivity contribution in [2.24, 2.45) is 17.3 Å². The Hall–Kier alpha value is -4.55. The van der Waals surface area contributed by atoms with Crippen LogP contribution in [0, 0.1) is 23.1 Å². The van der Waals surface area contributed by atoms with Gasteiger partial charge >= 0.3 is 6.09 Å². The lowest BCUT2D eigenvalue weighted by atomic mass is 9.82. The number of methoxy groups -OCH3 is 1. The Morgan fingerprint density at radius 2 is 1.64 bits per heavy atom. The van der Waals surface area contributed by atoms with Gasteiger partial charge in [0.15, 0.2) is 0 Å². The summed E-state index contributed by atoms with van der Waals surface area (Å²) in [6.45, 7) is 7.38. The molecule has 0 unspecified atom stereocenters. The first kappa shape index (κ1) is 41.2. The van der Waals surface area contributed by atoms with Gasteiger partial charge in [0, 0.05) is 31.8 Å². The third kappa shape index (κ3) is 11.5. The molecular formula is C41H56FN5O6. The van der Waals surface area contributed by atoms with Crippen molar-refractivity contribution in [1.82, 2.24) is 20.9 Å². The average molecular weight is 734 g/mol. The normalized spacial score (nSPS) is 19.6. The number of carbonyl (C=O) groups is 3. The Labute approximate surface area is 312 Å². The van der Waals surface area contributed by atoms with Crippen molar-refractivity contribution in [3.05, 3.63) is 83.8 Å². The molecule has 7 atom stereocenters. The summed E-state index contributed by atoms with van der Waals surface area (Å²) in [5.41, 5.74) is 2.25. The maximum Gasteiger partial charge on any atom is 0.407 e. The van der Waals surface area contributed by atoms with Crippen LogP contribution < -0.4 is 20.9 Å². The maximum atomic E-state index is 15.0. The number of hydrogen-bond donors (Lipinski definition) is 5. The molecule has 1 heterocycles. The van der Waals surface area contributed by atoms with Crippen molar-refractivity contribution in [3.63, 3.8) is 0 Å². The van der Waals surface area contributed by atoms with Gasteiger partial charge < -0.3 is 35.8 Å². The molecule has 3 amide bonds. The Kier molecular flexibility index (Phi) is 14.4. The topological polar surface area (TPSA) is 153 Å². The molecule has 5 N–H and O–H groups in total. The van der Waals surface area contributed by atoms with Crippen LogP contribution in [0.2, 0.25) is 0 Å². The Balaban J connectivity index is 1.64. The quantitative estimate of drug-likeness (QED) is 0.155.